The van der Waals surface area contributed by atoms with Gasteiger partial charge in [-0.2, -0.15) is 0 Å². The summed E-state index contributed by atoms with van der Waals surface area (Å²) in [5.41, 5.74) is 0.567. The molecular weight excluding hydrogens is 368 g/mol. The van der Waals surface area contributed by atoms with E-state index in [2.05, 4.69) is 50.1 Å². The number of aliphatic imine (C=N–C) groups is 1. The Hall–Kier alpha value is -1.24. The van der Waals surface area contributed by atoms with E-state index in [4.69, 9.17) is 0 Å². The fourth-order valence-corrected chi connectivity index (χ4v) is 5.33. The first-order chi connectivity index (χ1) is 13.6. The maximum absolute atomic E-state index is 4.56. The van der Waals surface area contributed by atoms with Crippen molar-refractivity contribution in [1.29, 1.82) is 0 Å². The SMILES string of the molecule is CN=C(NCCCc1nnc(SC)n1CC(C)C)N1CCC2(CCCCC2)C1. The molecule has 2 aliphatic rings. The van der Waals surface area contributed by atoms with E-state index in [1.54, 1.807) is 11.8 Å². The van der Waals surface area contributed by atoms with Crippen LogP contribution in [0.1, 0.15) is 64.6 Å². The zero-order chi connectivity index (χ0) is 20.0. The molecule has 2 fully saturated rings. The second-order valence-electron chi connectivity index (χ2n) is 8.92. The first kappa shape index (κ1) is 21.5. The van der Waals surface area contributed by atoms with Crippen molar-refractivity contribution in [1.82, 2.24) is 25.0 Å². The highest BCUT2D eigenvalue weighted by Gasteiger charge is 2.39. The number of aryl methyl sites for hydroxylation is 1. The Balaban J connectivity index is 1.47. The number of thioether (sulfide) groups is 1. The summed E-state index contributed by atoms with van der Waals surface area (Å²) in [7, 11) is 1.91. The first-order valence-corrected chi connectivity index (χ1v) is 12.2. The van der Waals surface area contributed by atoms with Crippen molar-refractivity contribution in [2.75, 3.05) is 32.9 Å². The summed E-state index contributed by atoms with van der Waals surface area (Å²) in [5, 5.41) is 13.4. The van der Waals surface area contributed by atoms with Gasteiger partial charge in [0, 0.05) is 39.6 Å². The third-order valence-electron chi connectivity index (χ3n) is 6.25. The van der Waals surface area contributed by atoms with Gasteiger partial charge >= 0.3 is 0 Å². The lowest BCUT2D eigenvalue weighted by molar-refractivity contribution is 0.203. The summed E-state index contributed by atoms with van der Waals surface area (Å²) in [6.07, 6.45) is 12.5. The molecule has 1 saturated heterocycles. The summed E-state index contributed by atoms with van der Waals surface area (Å²) >= 11 is 1.68. The molecule has 1 aliphatic heterocycles. The van der Waals surface area contributed by atoms with Gasteiger partial charge < -0.3 is 14.8 Å². The average Bonchev–Trinajstić information content (AvgIpc) is 3.26. The Bertz CT molecular complexity index is 647. The minimum absolute atomic E-state index is 0.567. The van der Waals surface area contributed by atoms with E-state index in [1.165, 1.54) is 45.1 Å². The normalized spacial score (nSPS) is 19.8. The Kier molecular flexibility index (Phi) is 7.66. The van der Waals surface area contributed by atoms with Gasteiger partial charge in [0.25, 0.3) is 0 Å². The van der Waals surface area contributed by atoms with Crippen LogP contribution in [0.4, 0.5) is 0 Å². The van der Waals surface area contributed by atoms with E-state index in [0.29, 0.717) is 11.3 Å². The van der Waals surface area contributed by atoms with Crippen molar-refractivity contribution >= 4 is 17.7 Å². The van der Waals surface area contributed by atoms with Crippen LogP contribution in [0, 0.1) is 11.3 Å². The monoisotopic (exact) mass is 406 g/mol. The molecule has 28 heavy (non-hydrogen) atoms. The zero-order valence-electron chi connectivity index (χ0n) is 18.2. The van der Waals surface area contributed by atoms with Gasteiger partial charge in [0.05, 0.1) is 0 Å². The lowest BCUT2D eigenvalue weighted by Crippen LogP contribution is -2.42. The molecule has 0 amide bonds. The second kappa shape index (κ2) is 9.99. The fraction of sp³-hybridized carbons (Fsp3) is 0.857. The highest BCUT2D eigenvalue weighted by molar-refractivity contribution is 7.98. The number of guanidine groups is 1. The molecule has 1 N–H and O–H groups in total. The number of aromatic nitrogens is 3. The summed E-state index contributed by atoms with van der Waals surface area (Å²) in [5.74, 6) is 2.79. The summed E-state index contributed by atoms with van der Waals surface area (Å²) < 4.78 is 2.29. The number of hydrogen-bond acceptors (Lipinski definition) is 4. The Morgan fingerprint density at radius 3 is 2.68 bits per heavy atom. The minimum Gasteiger partial charge on any atom is -0.356 e. The molecule has 1 aromatic rings. The fourth-order valence-electron chi connectivity index (χ4n) is 4.81. The van der Waals surface area contributed by atoms with Crippen molar-refractivity contribution in [2.45, 2.75) is 76.9 Å². The molecule has 7 heteroatoms. The topological polar surface area (TPSA) is 58.3 Å². The van der Waals surface area contributed by atoms with Crippen LogP contribution >= 0.6 is 11.8 Å². The summed E-state index contributed by atoms with van der Waals surface area (Å²) in [6, 6.07) is 0. The van der Waals surface area contributed by atoms with E-state index in [-0.39, 0.29) is 0 Å². The molecule has 0 bridgehead atoms. The van der Waals surface area contributed by atoms with Gasteiger partial charge in [-0.1, -0.05) is 44.9 Å². The highest BCUT2D eigenvalue weighted by atomic mass is 32.2. The lowest BCUT2D eigenvalue weighted by Gasteiger charge is -2.33. The Morgan fingerprint density at radius 1 is 1.21 bits per heavy atom. The van der Waals surface area contributed by atoms with Gasteiger partial charge in [-0.25, -0.2) is 0 Å². The summed E-state index contributed by atoms with van der Waals surface area (Å²) in [4.78, 5) is 7.05. The molecule has 1 spiro atoms. The van der Waals surface area contributed by atoms with Crippen molar-refractivity contribution in [2.24, 2.45) is 16.3 Å². The van der Waals surface area contributed by atoms with Gasteiger partial charge in [0.2, 0.25) is 0 Å². The molecule has 3 rings (SSSR count). The van der Waals surface area contributed by atoms with Crippen LogP contribution in [0.15, 0.2) is 10.1 Å². The zero-order valence-corrected chi connectivity index (χ0v) is 19.0. The number of nitrogens with zero attached hydrogens (tertiary/aromatic N) is 5. The second-order valence-corrected chi connectivity index (χ2v) is 9.69. The number of likely N-dealkylation sites (tertiary alicyclic amines) is 1. The molecule has 158 valence electrons. The molecule has 1 aromatic heterocycles. The van der Waals surface area contributed by atoms with Crippen molar-refractivity contribution in [3.8, 4) is 0 Å². The van der Waals surface area contributed by atoms with Crippen LogP contribution in [0.2, 0.25) is 0 Å². The van der Waals surface area contributed by atoms with Gasteiger partial charge in [-0.05, 0) is 43.3 Å². The lowest BCUT2D eigenvalue weighted by atomic mass is 9.73. The van der Waals surface area contributed by atoms with Gasteiger partial charge in [0.1, 0.15) is 5.82 Å². The van der Waals surface area contributed by atoms with Crippen LogP contribution in [0.5, 0.6) is 0 Å². The number of hydrogen-bond donors (Lipinski definition) is 1. The van der Waals surface area contributed by atoms with Crippen molar-refractivity contribution in [3.05, 3.63) is 5.82 Å². The highest BCUT2D eigenvalue weighted by Crippen LogP contribution is 2.43. The third-order valence-corrected chi connectivity index (χ3v) is 6.92. The van der Waals surface area contributed by atoms with Gasteiger partial charge in [-0.3, -0.25) is 4.99 Å². The maximum Gasteiger partial charge on any atom is 0.193 e. The Morgan fingerprint density at radius 2 is 2.00 bits per heavy atom. The van der Waals surface area contributed by atoms with Crippen molar-refractivity contribution in [3.63, 3.8) is 0 Å². The quantitative estimate of drug-likeness (QED) is 0.323. The molecule has 1 saturated carbocycles. The molecule has 0 radical (unpaired) electrons. The molecule has 0 unspecified atom stereocenters. The predicted molar refractivity (Wildman–Crippen MR) is 118 cm³/mol. The molecule has 2 heterocycles. The van der Waals surface area contributed by atoms with E-state index >= 15 is 0 Å². The van der Waals surface area contributed by atoms with Crippen LogP contribution in [-0.4, -0.2) is 58.6 Å². The molecule has 0 atom stereocenters. The third kappa shape index (κ3) is 5.22. The minimum atomic E-state index is 0.567. The first-order valence-electron chi connectivity index (χ1n) is 11.0. The number of nitrogens with one attached hydrogen (secondary N) is 1. The van der Waals surface area contributed by atoms with Crippen LogP contribution in [0.25, 0.3) is 0 Å². The van der Waals surface area contributed by atoms with Gasteiger partial charge in [0.15, 0.2) is 11.1 Å². The Labute approximate surface area is 175 Å². The van der Waals surface area contributed by atoms with E-state index in [9.17, 15) is 0 Å². The van der Waals surface area contributed by atoms with E-state index in [0.717, 1.165) is 49.4 Å². The molecule has 1 aliphatic carbocycles. The van der Waals surface area contributed by atoms with Crippen LogP contribution in [-0.2, 0) is 13.0 Å². The molecular formula is C21H38N6S. The van der Waals surface area contributed by atoms with Crippen LogP contribution in [0.3, 0.4) is 0 Å². The summed E-state index contributed by atoms with van der Waals surface area (Å²) in [6.45, 7) is 8.75. The number of rotatable bonds is 7. The van der Waals surface area contributed by atoms with E-state index < -0.39 is 0 Å². The predicted octanol–water partition coefficient (Wildman–Crippen LogP) is 3.82. The van der Waals surface area contributed by atoms with E-state index in [1.807, 2.05) is 7.05 Å². The largest absolute Gasteiger partial charge is 0.356 e. The van der Waals surface area contributed by atoms with Crippen molar-refractivity contribution < 1.29 is 0 Å². The maximum atomic E-state index is 4.56. The van der Waals surface area contributed by atoms with Gasteiger partial charge in [-0.15, -0.1) is 10.2 Å². The smallest absolute Gasteiger partial charge is 0.193 e. The standard InChI is InChI=1S/C21H38N6S/c1-17(2)15-27-18(24-25-20(27)28-4)9-8-13-23-19(22-3)26-14-12-21(16-26)10-6-5-7-11-21/h17H,5-16H2,1-4H3,(H,22,23). The molecule has 0 aromatic carbocycles. The van der Waals surface area contributed by atoms with Crippen LogP contribution < -0.4 is 5.32 Å². The molecule has 6 nitrogen and oxygen atoms in total. The average molecular weight is 407 g/mol.